The summed E-state index contributed by atoms with van der Waals surface area (Å²) in [4.78, 5) is 53.5. The second-order valence-electron chi connectivity index (χ2n) is 28.2. The highest BCUT2D eigenvalue weighted by molar-refractivity contribution is 5.80. The Bertz CT molecular complexity index is 2530. The Morgan fingerprint density at radius 3 is 1.83 bits per heavy atom. The highest BCUT2D eigenvalue weighted by Gasteiger charge is 2.74. The van der Waals surface area contributed by atoms with Crippen LogP contribution in [0.2, 0.25) is 0 Å². The largest absolute Gasteiger partial charge is 0.457 e. The number of aliphatic hydroxyl groups excluding tert-OH is 13. The van der Waals surface area contributed by atoms with Crippen LogP contribution in [0.5, 0.6) is 0 Å². The molecule has 4 heterocycles. The van der Waals surface area contributed by atoms with E-state index >= 15 is 4.79 Å². The Labute approximate surface area is 510 Å². The molecule has 9 rings (SSSR count). The Hall–Kier alpha value is -3.18. The maximum atomic E-state index is 16.2. The molecule has 4 aliphatic heterocycles. The first-order chi connectivity index (χ1) is 41.2. The van der Waals surface area contributed by atoms with Crippen molar-refractivity contribution in [2.75, 3.05) is 33.0 Å². The van der Waals surface area contributed by atoms with Gasteiger partial charge in [0.05, 0.1) is 63.9 Å². The summed E-state index contributed by atoms with van der Waals surface area (Å²) in [7, 11) is 0. The summed E-state index contributed by atoms with van der Waals surface area (Å²) in [5.41, 5.74) is -5.19. The predicted molar refractivity (Wildman–Crippen MR) is 294 cm³/mol. The van der Waals surface area contributed by atoms with Crippen molar-refractivity contribution >= 4 is 23.9 Å². The molecule has 30 atom stereocenters. The topological polar surface area (TPSA) is 433 Å². The lowest BCUT2D eigenvalue weighted by atomic mass is 9.33. The summed E-state index contributed by atoms with van der Waals surface area (Å²) in [6.45, 7) is 12.6. The number of carbonyl (C=O) groups is 4. The van der Waals surface area contributed by atoms with Crippen molar-refractivity contribution in [2.45, 2.75) is 255 Å². The van der Waals surface area contributed by atoms with Gasteiger partial charge in [-0.1, -0.05) is 53.2 Å². The molecule has 13 N–H and O–H groups in total. The van der Waals surface area contributed by atoms with E-state index in [0.717, 1.165) is 19.4 Å². The summed E-state index contributed by atoms with van der Waals surface area (Å²) in [5.74, 6) is -4.99. The van der Waals surface area contributed by atoms with Crippen LogP contribution in [0.25, 0.3) is 0 Å². The molecule has 4 saturated heterocycles. The van der Waals surface area contributed by atoms with E-state index in [1.54, 1.807) is 6.92 Å². The Balaban J connectivity index is 1.12. The number of allylic oxidation sites excluding steroid dienone is 2. The molecule has 0 aromatic carbocycles. The second kappa shape index (κ2) is 26.0. The standard InChI is InChI=1S/C60H94O28/c1-25(64)16-38(68)82-33-22-78-50(45(75)41(33)71)86-48-44(74)40(70)32(21-62)84-53(48)85-37-19-59(9)28(29-17-55(4,5)14-15-60(29,37)54(77)88-52-47(81-27(3)66)42(72)34(23-79-52)80-26(2)65)10-11-36-56(6)18-30(67)49(57(7,24-63)35(56)12-13-58(36,59)8)87-51-46(76)43(73)39(69)31(20-61)83-51/h10,25,29-37,39-53,61-64,67,69-76H,11-24H2,1-9H3/t25?,29-,30-,31+,32+,33-,34-,35+,36+,37+,39+,40+,41-,42-,43-,44-,45+,46+,47+,48+,49-,50-,51-,52-,53-,56-,57-,58+,59+,60+/m0/s1. The van der Waals surface area contributed by atoms with Crippen LogP contribution in [-0.2, 0) is 71.3 Å². The highest BCUT2D eigenvalue weighted by atomic mass is 16.8. The van der Waals surface area contributed by atoms with E-state index < -0.39 is 243 Å². The monoisotopic (exact) mass is 1260 g/mol. The van der Waals surface area contributed by atoms with E-state index in [2.05, 4.69) is 40.7 Å². The molecule has 0 bridgehead atoms. The van der Waals surface area contributed by atoms with E-state index in [-0.39, 0.29) is 25.2 Å². The van der Waals surface area contributed by atoms with Gasteiger partial charge in [0.2, 0.25) is 6.29 Å². The Morgan fingerprint density at radius 2 is 1.22 bits per heavy atom. The van der Waals surface area contributed by atoms with Crippen LogP contribution in [0.3, 0.4) is 0 Å². The minimum absolute atomic E-state index is 0.0346. The molecule has 9 aliphatic rings. The van der Waals surface area contributed by atoms with Gasteiger partial charge in [0.25, 0.3) is 0 Å². The molecule has 88 heavy (non-hydrogen) atoms. The number of aliphatic hydroxyl groups is 13. The summed E-state index contributed by atoms with van der Waals surface area (Å²) in [6, 6.07) is 0. The fourth-order valence-electron chi connectivity index (χ4n) is 17.3. The molecule has 8 fully saturated rings. The zero-order chi connectivity index (χ0) is 64.7. The zero-order valence-electron chi connectivity index (χ0n) is 51.3. The van der Waals surface area contributed by atoms with Crippen molar-refractivity contribution in [1.82, 2.24) is 0 Å². The quantitative estimate of drug-likeness (QED) is 0.0332. The molecule has 502 valence electrons. The molecular weight excluding hydrogens is 1170 g/mol. The molecular formula is C60H94O28. The molecule has 0 spiro atoms. The number of ether oxygens (including phenoxy) is 11. The minimum Gasteiger partial charge on any atom is -0.457 e. The van der Waals surface area contributed by atoms with Gasteiger partial charge in [-0.15, -0.1) is 0 Å². The van der Waals surface area contributed by atoms with Gasteiger partial charge in [0, 0.05) is 19.3 Å². The van der Waals surface area contributed by atoms with E-state index in [9.17, 15) is 80.8 Å². The lowest BCUT2D eigenvalue weighted by Crippen LogP contribution is -2.71. The second-order valence-corrected chi connectivity index (χ2v) is 28.2. The van der Waals surface area contributed by atoms with Crippen LogP contribution in [0.4, 0.5) is 0 Å². The van der Waals surface area contributed by atoms with Gasteiger partial charge in [0.15, 0.2) is 37.2 Å². The number of carbonyl (C=O) groups excluding carboxylic acids is 4. The van der Waals surface area contributed by atoms with E-state index in [4.69, 9.17) is 52.1 Å². The van der Waals surface area contributed by atoms with Crippen molar-refractivity contribution in [1.29, 1.82) is 0 Å². The summed E-state index contributed by atoms with van der Waals surface area (Å²) in [6.07, 6.45) is -32.1. The van der Waals surface area contributed by atoms with E-state index in [0.29, 0.717) is 32.1 Å². The first kappa shape index (κ1) is 69.2. The van der Waals surface area contributed by atoms with Crippen molar-refractivity contribution in [3.63, 3.8) is 0 Å². The highest BCUT2D eigenvalue weighted by Crippen LogP contribution is 2.76. The van der Waals surface area contributed by atoms with Gasteiger partial charge < -0.3 is 118 Å². The van der Waals surface area contributed by atoms with Gasteiger partial charge >= 0.3 is 23.9 Å². The van der Waals surface area contributed by atoms with Crippen molar-refractivity contribution in [3.05, 3.63) is 11.6 Å². The summed E-state index contributed by atoms with van der Waals surface area (Å²) in [5, 5.41) is 145. The summed E-state index contributed by atoms with van der Waals surface area (Å²) < 4.78 is 66.3. The van der Waals surface area contributed by atoms with E-state index in [1.165, 1.54) is 6.92 Å². The lowest BCUT2D eigenvalue weighted by Gasteiger charge is -2.72. The molecule has 5 aliphatic carbocycles. The molecule has 0 aromatic heterocycles. The van der Waals surface area contributed by atoms with Crippen molar-refractivity contribution < 1.29 is 138 Å². The third-order valence-corrected chi connectivity index (χ3v) is 22.1. The van der Waals surface area contributed by atoms with Gasteiger partial charge in [-0.05, 0) is 97.7 Å². The Kier molecular flexibility index (Phi) is 20.4. The van der Waals surface area contributed by atoms with Crippen molar-refractivity contribution in [2.24, 2.45) is 50.2 Å². The van der Waals surface area contributed by atoms with Crippen LogP contribution >= 0.6 is 0 Å². The third kappa shape index (κ3) is 12.1. The number of fused-ring (bicyclic) bond motifs is 7. The molecule has 4 saturated carbocycles. The average Bonchev–Trinajstić information content (AvgIpc) is 0.673. The molecule has 28 nitrogen and oxygen atoms in total. The maximum absolute atomic E-state index is 16.2. The van der Waals surface area contributed by atoms with Gasteiger partial charge in [0.1, 0.15) is 72.6 Å². The normalized spacial score (nSPS) is 49.5. The number of rotatable bonds is 16. The zero-order valence-corrected chi connectivity index (χ0v) is 51.3. The predicted octanol–water partition coefficient (Wildman–Crippen LogP) is -2.38. The Morgan fingerprint density at radius 1 is 0.614 bits per heavy atom. The van der Waals surface area contributed by atoms with Crippen LogP contribution in [-0.4, -0.2) is 258 Å². The maximum Gasteiger partial charge on any atom is 0.317 e. The van der Waals surface area contributed by atoms with Crippen LogP contribution < -0.4 is 0 Å². The van der Waals surface area contributed by atoms with Gasteiger partial charge in [-0.2, -0.15) is 0 Å². The molecule has 0 radical (unpaired) electrons. The lowest BCUT2D eigenvalue weighted by molar-refractivity contribution is -0.371. The van der Waals surface area contributed by atoms with E-state index in [1.807, 2.05) is 0 Å². The minimum atomic E-state index is -1.99. The van der Waals surface area contributed by atoms with Crippen molar-refractivity contribution in [3.8, 4) is 0 Å². The van der Waals surface area contributed by atoms with Gasteiger partial charge in [-0.3, -0.25) is 19.2 Å². The first-order valence-electron chi connectivity index (χ1n) is 30.8. The smallest absolute Gasteiger partial charge is 0.317 e. The van der Waals surface area contributed by atoms with Crippen LogP contribution in [0.15, 0.2) is 11.6 Å². The fraction of sp³-hybridized carbons (Fsp3) is 0.900. The summed E-state index contributed by atoms with van der Waals surface area (Å²) >= 11 is 0. The molecule has 1 unspecified atom stereocenters. The number of hydrogen-bond acceptors (Lipinski definition) is 28. The third-order valence-electron chi connectivity index (χ3n) is 22.1. The van der Waals surface area contributed by atoms with Crippen LogP contribution in [0.1, 0.15) is 120 Å². The van der Waals surface area contributed by atoms with Gasteiger partial charge in [-0.25, -0.2) is 0 Å². The molecule has 0 amide bonds. The molecule has 0 aromatic rings. The average molecular weight is 1260 g/mol. The number of hydrogen-bond donors (Lipinski definition) is 13. The molecule has 28 heteroatoms. The SMILES string of the molecule is CC(=O)O[C@H]1[C@H](OC(=O)[C@]23CCC(C)(C)C[C@H]2C2=CC[C@@H]4[C@@]5(C)C[C@H](O)[C@H](O[C@@H]6O[C@H](CO)[C@@H](O)[C@H](O)[C@H]6O)[C@@](C)(CO)[C@@H]5CC[C@@]4(C)[C@]2(C)C[C@H]3O[C@@H]2O[C@H](CO)[C@@H](O)[C@H](O)[C@H]2O[C@@H]2OC[C@H](OC(=O)CC(C)O)[C@H](O)[C@H]2O)OC[C@H](OC(C)=O)[C@@H]1O. The van der Waals surface area contributed by atoms with Crippen LogP contribution in [0, 0.1) is 50.2 Å². The fourth-order valence-corrected chi connectivity index (χ4v) is 17.3. The number of esters is 4. The first-order valence-corrected chi connectivity index (χ1v) is 30.8.